The number of aliphatic hydroxyl groups is 1. The van der Waals surface area contributed by atoms with Crippen LogP contribution in [0.2, 0.25) is 18.1 Å². The molecule has 1 aliphatic carbocycles. The highest BCUT2D eigenvalue weighted by molar-refractivity contribution is 6.74. The molecule has 6 heteroatoms. The summed E-state index contributed by atoms with van der Waals surface area (Å²) >= 11 is 0. The zero-order valence-corrected chi connectivity index (χ0v) is 20.0. The Balaban J connectivity index is 2.18. The third-order valence-electron chi connectivity index (χ3n) is 5.49. The highest BCUT2D eigenvalue weighted by Crippen LogP contribution is 2.40. The van der Waals surface area contributed by atoms with E-state index in [1.165, 1.54) is 0 Å². The zero-order chi connectivity index (χ0) is 22.0. The van der Waals surface area contributed by atoms with E-state index in [1.807, 2.05) is 32.9 Å². The molecule has 0 radical (unpaired) electrons. The molecule has 0 unspecified atom stereocenters. The van der Waals surface area contributed by atoms with Gasteiger partial charge in [0.2, 0.25) is 0 Å². The molecular formula is C23H36O5Si. The van der Waals surface area contributed by atoms with E-state index in [1.54, 1.807) is 24.3 Å². The summed E-state index contributed by atoms with van der Waals surface area (Å²) in [7, 11) is -2.09. The molecule has 0 aliphatic heterocycles. The molecule has 3 atom stereocenters. The van der Waals surface area contributed by atoms with Gasteiger partial charge < -0.3 is 19.0 Å². The highest BCUT2D eigenvalue weighted by atomic mass is 28.4. The number of carbonyl (C=O) groups excluding carboxylic acids is 1. The molecule has 5 nitrogen and oxygen atoms in total. The Labute approximate surface area is 176 Å². The van der Waals surface area contributed by atoms with Crippen molar-refractivity contribution < 1.29 is 23.8 Å². The number of carbonyl (C=O) groups is 1. The maximum atomic E-state index is 12.3. The molecule has 0 fully saturated rings. The first-order valence-corrected chi connectivity index (χ1v) is 13.1. The van der Waals surface area contributed by atoms with Gasteiger partial charge in [-0.05, 0) is 62.7 Å². The average Bonchev–Trinajstić information content (AvgIpc) is 2.86. The number of aliphatic hydroxyl groups excluding tert-OH is 1. The van der Waals surface area contributed by atoms with E-state index in [9.17, 15) is 9.90 Å². The molecule has 0 aromatic heterocycles. The summed E-state index contributed by atoms with van der Waals surface area (Å²) in [6.07, 6.45) is -0.0180. The van der Waals surface area contributed by atoms with E-state index >= 15 is 0 Å². The van der Waals surface area contributed by atoms with E-state index in [0.29, 0.717) is 5.56 Å². The summed E-state index contributed by atoms with van der Waals surface area (Å²) in [5.74, 6) is -0.399. The molecule has 0 amide bonds. The second kappa shape index (κ2) is 8.72. The van der Waals surface area contributed by atoms with Crippen LogP contribution in [0, 0.1) is 0 Å². The predicted octanol–water partition coefficient (Wildman–Crippen LogP) is 4.72. The SMILES string of the molecule is CC(C)(C)O[C@@H]1C(COC(=O)c2ccccc2)=C[C@H](O[Si](C)(C)C(C)(C)C)[C@H]1O. The summed E-state index contributed by atoms with van der Waals surface area (Å²) in [5, 5.41) is 11.0. The lowest BCUT2D eigenvalue weighted by Crippen LogP contribution is -2.48. The molecule has 29 heavy (non-hydrogen) atoms. The highest BCUT2D eigenvalue weighted by Gasteiger charge is 2.45. The Morgan fingerprint density at radius 1 is 1.07 bits per heavy atom. The van der Waals surface area contributed by atoms with Gasteiger partial charge in [0.25, 0.3) is 0 Å². The molecule has 1 aromatic rings. The molecule has 0 saturated heterocycles. The standard InChI is InChI=1S/C23H36O5Si/c1-22(2,3)27-20-17(15-26-21(25)16-12-10-9-11-13-16)14-18(19(20)24)28-29(7,8)23(4,5)6/h9-14,18-20,24H,15H2,1-8H3/t18-,19+,20+/m0/s1. The van der Waals surface area contributed by atoms with Crippen molar-refractivity contribution in [1.29, 1.82) is 0 Å². The lowest BCUT2D eigenvalue weighted by molar-refractivity contribution is -0.106. The molecule has 1 N–H and O–H groups in total. The van der Waals surface area contributed by atoms with Crippen molar-refractivity contribution in [1.82, 2.24) is 0 Å². The molecule has 1 aromatic carbocycles. The molecule has 0 saturated carbocycles. The van der Waals surface area contributed by atoms with E-state index < -0.39 is 38.2 Å². The number of hydrogen-bond donors (Lipinski definition) is 1. The van der Waals surface area contributed by atoms with Gasteiger partial charge in [0.05, 0.1) is 17.3 Å². The van der Waals surface area contributed by atoms with Crippen LogP contribution in [0.4, 0.5) is 0 Å². The Kier molecular flexibility index (Phi) is 7.16. The normalized spacial score (nSPS) is 23.1. The first-order valence-electron chi connectivity index (χ1n) is 10.2. The quantitative estimate of drug-likeness (QED) is 0.410. The number of benzene rings is 1. The van der Waals surface area contributed by atoms with E-state index in [4.69, 9.17) is 13.9 Å². The fraction of sp³-hybridized carbons (Fsp3) is 0.609. The topological polar surface area (TPSA) is 65.0 Å². The molecule has 162 valence electrons. The van der Waals surface area contributed by atoms with Gasteiger partial charge in [0.1, 0.15) is 18.8 Å². The van der Waals surface area contributed by atoms with Gasteiger partial charge in [-0.2, -0.15) is 0 Å². The van der Waals surface area contributed by atoms with Crippen LogP contribution in [0.25, 0.3) is 0 Å². The van der Waals surface area contributed by atoms with Crippen LogP contribution >= 0.6 is 0 Å². The molecule has 0 heterocycles. The van der Waals surface area contributed by atoms with Gasteiger partial charge in [-0.3, -0.25) is 0 Å². The van der Waals surface area contributed by atoms with Crippen molar-refractivity contribution in [2.75, 3.05) is 6.61 Å². The minimum atomic E-state index is -2.09. The Hall–Kier alpha value is -1.47. The fourth-order valence-electron chi connectivity index (χ4n) is 2.88. The van der Waals surface area contributed by atoms with Crippen LogP contribution in [0.3, 0.4) is 0 Å². The lowest BCUT2D eigenvalue weighted by Gasteiger charge is -2.39. The third-order valence-corrected chi connectivity index (χ3v) is 9.96. The number of esters is 1. The Morgan fingerprint density at radius 3 is 2.17 bits per heavy atom. The van der Waals surface area contributed by atoms with Crippen molar-refractivity contribution >= 4 is 14.3 Å². The van der Waals surface area contributed by atoms with Gasteiger partial charge in [-0.1, -0.05) is 39.0 Å². The molecular weight excluding hydrogens is 384 g/mol. The van der Waals surface area contributed by atoms with Crippen molar-refractivity contribution in [3.63, 3.8) is 0 Å². The largest absolute Gasteiger partial charge is 0.457 e. The maximum absolute atomic E-state index is 12.3. The number of hydrogen-bond acceptors (Lipinski definition) is 5. The first kappa shape index (κ1) is 23.8. The molecule has 1 aliphatic rings. The minimum absolute atomic E-state index is 0.0173. The van der Waals surface area contributed by atoms with Crippen LogP contribution in [-0.4, -0.2) is 49.9 Å². The molecule has 2 rings (SSSR count). The molecule has 0 bridgehead atoms. The average molecular weight is 421 g/mol. The van der Waals surface area contributed by atoms with Crippen molar-refractivity contribution in [2.45, 2.75) is 83.6 Å². The summed E-state index contributed by atoms with van der Waals surface area (Å²) in [6, 6.07) is 8.87. The number of rotatable bonds is 6. The van der Waals surface area contributed by atoms with E-state index in [2.05, 4.69) is 33.9 Å². The van der Waals surface area contributed by atoms with Crippen LogP contribution in [0.1, 0.15) is 51.9 Å². The maximum Gasteiger partial charge on any atom is 0.338 e. The van der Waals surface area contributed by atoms with Crippen LogP contribution in [0.15, 0.2) is 42.0 Å². The van der Waals surface area contributed by atoms with Gasteiger partial charge in [-0.15, -0.1) is 0 Å². The van der Waals surface area contributed by atoms with E-state index in [-0.39, 0.29) is 11.6 Å². The monoisotopic (exact) mass is 420 g/mol. The van der Waals surface area contributed by atoms with Crippen LogP contribution in [-0.2, 0) is 13.9 Å². The Morgan fingerprint density at radius 2 is 1.66 bits per heavy atom. The number of ether oxygens (including phenoxy) is 2. The third kappa shape index (κ3) is 6.25. The summed E-state index contributed by atoms with van der Waals surface area (Å²) in [6.45, 7) is 16.7. The van der Waals surface area contributed by atoms with Gasteiger partial charge in [-0.25, -0.2) is 4.79 Å². The summed E-state index contributed by atoms with van der Waals surface area (Å²) < 4.78 is 18.1. The fourth-order valence-corrected chi connectivity index (χ4v) is 4.12. The lowest BCUT2D eigenvalue weighted by atomic mass is 10.1. The summed E-state index contributed by atoms with van der Waals surface area (Å²) in [5.41, 5.74) is 0.773. The predicted molar refractivity (Wildman–Crippen MR) is 118 cm³/mol. The van der Waals surface area contributed by atoms with Crippen LogP contribution in [0.5, 0.6) is 0 Å². The van der Waals surface area contributed by atoms with Crippen molar-refractivity contribution in [3.05, 3.63) is 47.5 Å². The molecule has 0 spiro atoms. The van der Waals surface area contributed by atoms with Crippen molar-refractivity contribution in [2.24, 2.45) is 0 Å². The minimum Gasteiger partial charge on any atom is -0.457 e. The Bertz CT molecular complexity index is 728. The van der Waals surface area contributed by atoms with Gasteiger partial charge in [0, 0.05) is 0 Å². The van der Waals surface area contributed by atoms with Crippen molar-refractivity contribution in [3.8, 4) is 0 Å². The first-order chi connectivity index (χ1) is 13.2. The zero-order valence-electron chi connectivity index (χ0n) is 19.0. The summed E-state index contributed by atoms with van der Waals surface area (Å²) in [4.78, 5) is 12.3. The van der Waals surface area contributed by atoms with Gasteiger partial charge in [0.15, 0.2) is 8.32 Å². The second-order valence-corrected chi connectivity index (χ2v) is 14.9. The van der Waals surface area contributed by atoms with E-state index in [0.717, 1.165) is 5.57 Å². The smallest absolute Gasteiger partial charge is 0.338 e. The van der Waals surface area contributed by atoms with Gasteiger partial charge >= 0.3 is 5.97 Å². The second-order valence-electron chi connectivity index (χ2n) is 10.2. The van der Waals surface area contributed by atoms with Crippen LogP contribution < -0.4 is 0 Å².